The zero-order chi connectivity index (χ0) is 4.12. The van der Waals surface area contributed by atoms with Crippen LogP contribution in [0.5, 0.6) is 0 Å². The normalized spacial score (nSPS) is 7.00. The molecule has 40 valence electrons. The van der Waals surface area contributed by atoms with Crippen LogP contribution in [0.4, 0.5) is 0 Å². The summed E-state index contributed by atoms with van der Waals surface area (Å²) in [6.45, 7) is -0.812. The van der Waals surface area contributed by atoms with Crippen LogP contribution in [-0.4, -0.2) is 23.8 Å². The lowest BCUT2D eigenvalue weighted by molar-refractivity contribution is -0.0763. The van der Waals surface area contributed by atoms with Gasteiger partial charge in [-0.25, -0.2) is 0 Å². The molecule has 0 saturated heterocycles. The molecule has 0 radical (unpaired) electrons. The minimum absolute atomic E-state index is 0. The third-order valence-electron chi connectivity index (χ3n) is 0.183. The Morgan fingerprint density at radius 2 is 1.50 bits per heavy atom. The Hall–Kier alpha value is -0.120. The van der Waals surface area contributed by atoms with Gasteiger partial charge in [-0.2, -0.15) is 0 Å². The van der Waals surface area contributed by atoms with Gasteiger partial charge in [0.2, 0.25) is 0 Å². The smallest absolute Gasteiger partial charge is 0.146 e. The zero-order valence-corrected chi connectivity index (χ0v) is 2.72. The fraction of sp³-hybridized carbons (Fsp3) is 1.00. The summed E-state index contributed by atoms with van der Waals surface area (Å²) in [5.74, 6) is 0. The van der Waals surface area contributed by atoms with Crippen molar-refractivity contribution in [1.82, 2.24) is 0 Å². The Balaban J connectivity index is 0. The summed E-state index contributed by atoms with van der Waals surface area (Å²) >= 11 is 0. The number of rotatable bonds is 2. The van der Waals surface area contributed by atoms with Crippen molar-refractivity contribution >= 4 is 0 Å². The monoisotopic (exact) mass is 94.1 g/mol. The van der Waals surface area contributed by atoms with Crippen molar-refractivity contribution in [2.45, 2.75) is 7.43 Å². The van der Waals surface area contributed by atoms with Crippen LogP contribution in [0.3, 0.4) is 0 Å². The Morgan fingerprint density at radius 1 is 1.17 bits per heavy atom. The molecule has 0 rings (SSSR count). The molecule has 0 fully saturated rings. The molecule has 0 aromatic heterocycles. The molecule has 0 unspecified atom stereocenters. The maximum absolute atomic E-state index is 7.68. The molecule has 0 amide bonds. The third kappa shape index (κ3) is 9.11. The first-order valence-electron chi connectivity index (χ1n) is 1.21. The SMILES string of the molecule is C.OCOCO. The number of hydrogen-bond donors (Lipinski definition) is 2. The van der Waals surface area contributed by atoms with Gasteiger partial charge in [-0.1, -0.05) is 7.43 Å². The van der Waals surface area contributed by atoms with Crippen LogP contribution in [0.15, 0.2) is 0 Å². The first kappa shape index (κ1) is 9.30. The Morgan fingerprint density at radius 3 is 1.50 bits per heavy atom. The fourth-order valence-electron chi connectivity index (χ4n) is 0.0408. The lowest BCUT2D eigenvalue weighted by Crippen LogP contribution is -1.91. The van der Waals surface area contributed by atoms with E-state index in [0.717, 1.165) is 0 Å². The lowest BCUT2D eigenvalue weighted by atomic mass is 11.4. The van der Waals surface area contributed by atoms with Crippen LogP contribution < -0.4 is 0 Å². The molecule has 0 spiro atoms. The van der Waals surface area contributed by atoms with E-state index in [9.17, 15) is 0 Å². The van der Waals surface area contributed by atoms with Crippen molar-refractivity contribution < 1.29 is 14.9 Å². The summed E-state index contributed by atoms with van der Waals surface area (Å²) in [6, 6.07) is 0. The van der Waals surface area contributed by atoms with Gasteiger partial charge in [0.25, 0.3) is 0 Å². The highest BCUT2D eigenvalue weighted by Gasteiger charge is 1.65. The van der Waals surface area contributed by atoms with Crippen molar-refractivity contribution in [2.75, 3.05) is 13.6 Å². The minimum atomic E-state index is -0.406. The highest BCUT2D eigenvalue weighted by atomic mass is 16.6. The Bertz CT molecular complexity index is 13.5. The molecular weight excluding hydrogens is 84.0 g/mol. The van der Waals surface area contributed by atoms with Crippen molar-refractivity contribution in [2.24, 2.45) is 0 Å². The largest absolute Gasteiger partial charge is 0.371 e. The number of aliphatic hydroxyl groups excluding tert-OH is 2. The topological polar surface area (TPSA) is 49.7 Å². The number of aliphatic hydroxyl groups is 2. The molecular formula is C3H10O3. The van der Waals surface area contributed by atoms with Crippen LogP contribution >= 0.6 is 0 Å². The van der Waals surface area contributed by atoms with Crippen molar-refractivity contribution in [3.8, 4) is 0 Å². The molecule has 0 atom stereocenters. The van der Waals surface area contributed by atoms with E-state index >= 15 is 0 Å². The molecule has 2 N–H and O–H groups in total. The summed E-state index contributed by atoms with van der Waals surface area (Å²) in [6.07, 6.45) is 0. The fourth-order valence-corrected chi connectivity index (χ4v) is 0.0408. The molecule has 0 aliphatic carbocycles. The van der Waals surface area contributed by atoms with Gasteiger partial charge in [0.15, 0.2) is 0 Å². The number of ether oxygens (including phenoxy) is 1. The van der Waals surface area contributed by atoms with E-state index in [4.69, 9.17) is 10.2 Å². The summed E-state index contributed by atoms with van der Waals surface area (Å²) in [5.41, 5.74) is 0. The van der Waals surface area contributed by atoms with Crippen LogP contribution in [0, 0.1) is 0 Å². The summed E-state index contributed by atoms with van der Waals surface area (Å²) in [4.78, 5) is 0. The molecule has 0 aliphatic heterocycles. The van der Waals surface area contributed by atoms with Crippen molar-refractivity contribution in [1.29, 1.82) is 0 Å². The van der Waals surface area contributed by atoms with E-state index in [2.05, 4.69) is 4.74 Å². The molecule has 0 heterocycles. The van der Waals surface area contributed by atoms with Crippen LogP contribution in [0.25, 0.3) is 0 Å². The maximum atomic E-state index is 7.68. The van der Waals surface area contributed by atoms with E-state index < -0.39 is 13.6 Å². The van der Waals surface area contributed by atoms with Crippen LogP contribution in [-0.2, 0) is 4.74 Å². The van der Waals surface area contributed by atoms with E-state index in [1.165, 1.54) is 0 Å². The van der Waals surface area contributed by atoms with Crippen molar-refractivity contribution in [3.63, 3.8) is 0 Å². The molecule has 3 heteroatoms. The second kappa shape index (κ2) is 8.86. The van der Waals surface area contributed by atoms with Crippen LogP contribution in [0.2, 0.25) is 0 Å². The molecule has 0 saturated carbocycles. The first-order valence-corrected chi connectivity index (χ1v) is 1.21. The standard InChI is InChI=1S/C2H6O3.CH4/c3-1-5-2-4;/h3-4H,1-2H2;1H4. The second-order valence-electron chi connectivity index (χ2n) is 0.462. The highest BCUT2D eigenvalue weighted by molar-refractivity contribution is 3.82. The number of hydrogen-bond acceptors (Lipinski definition) is 3. The Kier molecular flexibility index (Phi) is 13.7. The van der Waals surface area contributed by atoms with E-state index in [1.807, 2.05) is 0 Å². The third-order valence-corrected chi connectivity index (χ3v) is 0.183. The average Bonchev–Trinajstić information content (AvgIpc) is 1.41. The summed E-state index contributed by atoms with van der Waals surface area (Å²) in [7, 11) is 0. The zero-order valence-electron chi connectivity index (χ0n) is 2.72. The van der Waals surface area contributed by atoms with Crippen molar-refractivity contribution in [3.05, 3.63) is 0 Å². The van der Waals surface area contributed by atoms with Gasteiger partial charge in [0.1, 0.15) is 13.6 Å². The molecule has 0 aromatic rings. The average molecular weight is 94.1 g/mol. The molecule has 6 heavy (non-hydrogen) atoms. The predicted octanol–water partition coefficient (Wildman–Crippen LogP) is -0.461. The maximum Gasteiger partial charge on any atom is 0.146 e. The van der Waals surface area contributed by atoms with Gasteiger partial charge in [-0.15, -0.1) is 0 Å². The van der Waals surface area contributed by atoms with E-state index in [0.29, 0.717) is 0 Å². The Labute approximate surface area is 37.2 Å². The van der Waals surface area contributed by atoms with Gasteiger partial charge in [0.05, 0.1) is 0 Å². The van der Waals surface area contributed by atoms with E-state index in [1.54, 1.807) is 0 Å². The second-order valence-corrected chi connectivity index (χ2v) is 0.462. The van der Waals surface area contributed by atoms with Gasteiger partial charge in [-0.05, 0) is 0 Å². The highest BCUT2D eigenvalue weighted by Crippen LogP contribution is 1.56. The minimum Gasteiger partial charge on any atom is -0.371 e. The van der Waals surface area contributed by atoms with E-state index in [-0.39, 0.29) is 7.43 Å². The van der Waals surface area contributed by atoms with Crippen LogP contribution in [0.1, 0.15) is 7.43 Å². The predicted molar refractivity (Wildman–Crippen MR) is 22.0 cm³/mol. The quantitative estimate of drug-likeness (QED) is 0.455. The molecule has 0 aromatic carbocycles. The van der Waals surface area contributed by atoms with Gasteiger partial charge >= 0.3 is 0 Å². The molecule has 0 bridgehead atoms. The summed E-state index contributed by atoms with van der Waals surface area (Å²) in [5, 5.41) is 15.4. The van der Waals surface area contributed by atoms with Gasteiger partial charge < -0.3 is 14.9 Å². The molecule has 3 nitrogen and oxygen atoms in total. The van der Waals surface area contributed by atoms with Gasteiger partial charge in [0, 0.05) is 0 Å². The lowest BCUT2D eigenvalue weighted by Gasteiger charge is -1.85. The summed E-state index contributed by atoms with van der Waals surface area (Å²) < 4.78 is 3.94. The first-order chi connectivity index (χ1) is 2.41. The molecule has 0 aliphatic rings. The van der Waals surface area contributed by atoms with Gasteiger partial charge in [-0.3, -0.25) is 0 Å².